The second-order valence-corrected chi connectivity index (χ2v) is 7.78. The third-order valence-electron chi connectivity index (χ3n) is 5.29. The summed E-state index contributed by atoms with van der Waals surface area (Å²) in [6, 6.07) is -0.588. The van der Waals surface area contributed by atoms with Crippen LogP contribution in [0.15, 0.2) is 11.6 Å². The van der Waals surface area contributed by atoms with Gasteiger partial charge in [0.15, 0.2) is 0 Å². The molecule has 0 bridgehead atoms. The van der Waals surface area contributed by atoms with Gasteiger partial charge < -0.3 is 25.4 Å². The molecule has 1 saturated carbocycles. The van der Waals surface area contributed by atoms with Crippen LogP contribution < -0.4 is 5.32 Å². The van der Waals surface area contributed by atoms with Crippen LogP contribution in [0.2, 0.25) is 0 Å². The Hall–Kier alpha value is -0.600. The van der Waals surface area contributed by atoms with Crippen LogP contribution in [0.25, 0.3) is 0 Å². The molecule has 2 aliphatic rings. The van der Waals surface area contributed by atoms with Gasteiger partial charge in [0, 0.05) is 0 Å². The van der Waals surface area contributed by atoms with Crippen molar-refractivity contribution in [2.24, 2.45) is 11.3 Å². The van der Waals surface area contributed by atoms with E-state index >= 15 is 0 Å². The third-order valence-corrected chi connectivity index (χ3v) is 5.29. The van der Waals surface area contributed by atoms with E-state index < -0.39 is 37.6 Å². The van der Waals surface area contributed by atoms with E-state index in [9.17, 15) is 24.1 Å². The number of ether oxygens (including phenoxy) is 1. The van der Waals surface area contributed by atoms with Crippen molar-refractivity contribution in [2.75, 3.05) is 13.2 Å². The molecule has 0 aromatic heterocycles. The van der Waals surface area contributed by atoms with E-state index in [4.69, 9.17) is 0 Å². The van der Waals surface area contributed by atoms with Crippen LogP contribution in [0.3, 0.4) is 0 Å². The van der Waals surface area contributed by atoms with Crippen molar-refractivity contribution in [1.82, 2.24) is 5.32 Å². The van der Waals surface area contributed by atoms with Crippen LogP contribution in [0, 0.1) is 11.3 Å². The van der Waals surface area contributed by atoms with E-state index in [1.54, 1.807) is 0 Å². The second-order valence-electron chi connectivity index (χ2n) is 7.78. The summed E-state index contributed by atoms with van der Waals surface area (Å²) in [4.78, 5) is 0. The molecule has 0 aliphatic heterocycles. The van der Waals surface area contributed by atoms with Crippen LogP contribution in [-0.4, -0.2) is 59.4 Å². The molecule has 5 nitrogen and oxygen atoms in total. The Bertz CT molecular complexity index is 434. The number of hydrogen-bond donors (Lipinski definition) is 4. The molecular weight excluding hydrogens is 320 g/mol. The molecule has 0 unspecified atom stereocenters. The highest BCUT2D eigenvalue weighted by molar-refractivity contribution is 5.22. The molecule has 7 heteroatoms. The Labute approximate surface area is 141 Å². The van der Waals surface area contributed by atoms with E-state index in [0.717, 1.165) is 25.7 Å². The van der Waals surface area contributed by atoms with E-state index in [2.05, 4.69) is 23.9 Å². The highest BCUT2D eigenvalue weighted by atomic mass is 19.3. The van der Waals surface area contributed by atoms with Gasteiger partial charge >= 0.3 is 6.61 Å². The van der Waals surface area contributed by atoms with Crippen molar-refractivity contribution in [3.05, 3.63) is 11.6 Å². The Kier molecular flexibility index (Phi) is 6.73. The van der Waals surface area contributed by atoms with Gasteiger partial charge in [0.05, 0.1) is 12.6 Å². The fraction of sp³-hybridized carbons (Fsp3) is 0.882. The van der Waals surface area contributed by atoms with Gasteiger partial charge in [-0.1, -0.05) is 19.9 Å². The van der Waals surface area contributed by atoms with Gasteiger partial charge in [0.1, 0.15) is 18.3 Å². The maximum atomic E-state index is 12.2. The standard InChI is InChI=1S/C17H29F2NO4/c1-17(2)5-3-10(4-6-17)8-20-12-7-11(9-24-16(18)19)13(21)15(23)14(12)22/h7,10,12-16,20-23H,3-6,8-9H2,1-2H3/t12-,13+,14+,15+/m1/s1. The average Bonchev–Trinajstić information content (AvgIpc) is 2.52. The minimum absolute atomic E-state index is 0.162. The lowest BCUT2D eigenvalue weighted by atomic mass is 9.73. The summed E-state index contributed by atoms with van der Waals surface area (Å²) in [7, 11) is 0. The molecule has 0 radical (unpaired) electrons. The van der Waals surface area contributed by atoms with Crippen molar-refractivity contribution < 1.29 is 28.8 Å². The summed E-state index contributed by atoms with van der Waals surface area (Å²) in [5.74, 6) is 0.489. The van der Waals surface area contributed by atoms with Crippen LogP contribution in [-0.2, 0) is 4.74 Å². The first-order valence-electron chi connectivity index (χ1n) is 8.57. The molecule has 1 fully saturated rings. The highest BCUT2D eigenvalue weighted by Crippen LogP contribution is 2.37. The normalized spacial score (nSPS) is 34.4. The fourth-order valence-corrected chi connectivity index (χ4v) is 3.48. The number of nitrogens with one attached hydrogen (secondary N) is 1. The molecule has 0 amide bonds. The van der Waals surface area contributed by atoms with Crippen LogP contribution in [0.1, 0.15) is 39.5 Å². The molecule has 24 heavy (non-hydrogen) atoms. The van der Waals surface area contributed by atoms with Crippen molar-refractivity contribution in [3.8, 4) is 0 Å². The summed E-state index contributed by atoms with van der Waals surface area (Å²) in [5, 5.41) is 33.1. The van der Waals surface area contributed by atoms with E-state index in [0.29, 0.717) is 17.9 Å². The SMILES string of the molecule is CC1(C)CCC(CN[C@@H]2C=C(COC(F)F)[C@H](O)[C@H](O)[C@H]2O)CC1. The molecule has 4 N–H and O–H groups in total. The zero-order valence-corrected chi connectivity index (χ0v) is 14.3. The van der Waals surface area contributed by atoms with Gasteiger partial charge in [-0.2, -0.15) is 8.78 Å². The van der Waals surface area contributed by atoms with Crippen LogP contribution in [0.4, 0.5) is 8.78 Å². The van der Waals surface area contributed by atoms with E-state index in [1.807, 2.05) is 0 Å². The molecule has 140 valence electrons. The largest absolute Gasteiger partial charge is 0.388 e. The second kappa shape index (κ2) is 8.19. The molecule has 2 aliphatic carbocycles. The molecule has 4 atom stereocenters. The zero-order chi connectivity index (χ0) is 17.9. The van der Waals surface area contributed by atoms with Crippen molar-refractivity contribution >= 4 is 0 Å². The van der Waals surface area contributed by atoms with Gasteiger partial charge in [0.25, 0.3) is 0 Å². The summed E-state index contributed by atoms with van der Waals surface area (Å²) in [6.45, 7) is 1.78. The molecule has 0 heterocycles. The lowest BCUT2D eigenvalue weighted by Crippen LogP contribution is -2.54. The maximum absolute atomic E-state index is 12.2. The topological polar surface area (TPSA) is 82.0 Å². The number of alkyl halides is 2. The summed E-state index contributed by atoms with van der Waals surface area (Å²) >= 11 is 0. The minimum Gasteiger partial charge on any atom is -0.388 e. The van der Waals surface area contributed by atoms with Crippen molar-refractivity contribution in [3.63, 3.8) is 0 Å². The number of hydrogen-bond acceptors (Lipinski definition) is 5. The minimum atomic E-state index is -2.95. The lowest BCUT2D eigenvalue weighted by Gasteiger charge is -2.38. The third kappa shape index (κ3) is 5.20. The Morgan fingerprint density at radius 2 is 1.83 bits per heavy atom. The molecule has 0 saturated heterocycles. The molecule has 0 aromatic carbocycles. The fourth-order valence-electron chi connectivity index (χ4n) is 3.48. The monoisotopic (exact) mass is 349 g/mol. The Morgan fingerprint density at radius 1 is 1.21 bits per heavy atom. The molecular formula is C17H29F2NO4. The van der Waals surface area contributed by atoms with Gasteiger partial charge in [-0.15, -0.1) is 0 Å². The van der Waals surface area contributed by atoms with Gasteiger partial charge in [-0.25, -0.2) is 0 Å². The summed E-state index contributed by atoms with van der Waals surface area (Å²) in [6.07, 6.45) is 1.99. The van der Waals surface area contributed by atoms with Crippen LogP contribution >= 0.6 is 0 Å². The van der Waals surface area contributed by atoms with Crippen LogP contribution in [0.5, 0.6) is 0 Å². The lowest BCUT2D eigenvalue weighted by molar-refractivity contribution is -0.129. The zero-order valence-electron chi connectivity index (χ0n) is 14.3. The molecule has 0 spiro atoms. The van der Waals surface area contributed by atoms with Gasteiger partial charge in [-0.05, 0) is 49.1 Å². The van der Waals surface area contributed by atoms with Crippen molar-refractivity contribution in [2.45, 2.75) is 70.5 Å². The Balaban J connectivity index is 1.92. The van der Waals surface area contributed by atoms with Gasteiger partial charge in [0.2, 0.25) is 0 Å². The van der Waals surface area contributed by atoms with E-state index in [1.165, 1.54) is 6.08 Å². The predicted molar refractivity (Wildman–Crippen MR) is 85.6 cm³/mol. The number of halogens is 2. The Morgan fingerprint density at radius 3 is 2.42 bits per heavy atom. The highest BCUT2D eigenvalue weighted by Gasteiger charge is 2.38. The predicted octanol–water partition coefficient (Wildman–Crippen LogP) is 1.42. The average molecular weight is 349 g/mol. The van der Waals surface area contributed by atoms with Gasteiger partial charge in [-0.3, -0.25) is 0 Å². The smallest absolute Gasteiger partial charge is 0.345 e. The number of rotatable bonds is 6. The molecule has 0 aromatic rings. The summed E-state index contributed by atoms with van der Waals surface area (Å²) in [5.41, 5.74) is 0.538. The quantitative estimate of drug-likeness (QED) is 0.545. The number of aliphatic hydroxyl groups is 3. The molecule has 2 rings (SSSR count). The summed E-state index contributed by atoms with van der Waals surface area (Å²) < 4.78 is 28.6. The first kappa shape index (κ1) is 19.7. The maximum Gasteiger partial charge on any atom is 0.345 e. The number of aliphatic hydroxyl groups excluding tert-OH is 3. The first-order valence-corrected chi connectivity index (χ1v) is 8.57. The first-order chi connectivity index (χ1) is 11.2. The van der Waals surface area contributed by atoms with E-state index in [-0.39, 0.29) is 5.57 Å². The van der Waals surface area contributed by atoms with Crippen molar-refractivity contribution in [1.29, 1.82) is 0 Å².